The Morgan fingerprint density at radius 2 is 2.08 bits per heavy atom. The Morgan fingerprint density at radius 1 is 1.38 bits per heavy atom. The molecule has 78 valence electrons. The Kier molecular flexibility index (Phi) is 8.05. The molecule has 0 aliphatic carbocycles. The molecule has 1 unspecified atom stereocenters. The van der Waals surface area contributed by atoms with Gasteiger partial charge in [0.2, 0.25) is 0 Å². The second-order valence-corrected chi connectivity index (χ2v) is 3.80. The van der Waals surface area contributed by atoms with Crippen molar-refractivity contribution in [1.29, 1.82) is 0 Å². The number of hydrogen-bond donors (Lipinski definition) is 1. The van der Waals surface area contributed by atoms with E-state index in [0.717, 1.165) is 6.42 Å². The molecule has 1 N–H and O–H groups in total. The maximum absolute atomic E-state index is 3.73. The Balaban J connectivity index is 3.44. The van der Waals surface area contributed by atoms with Crippen molar-refractivity contribution in [3.8, 4) is 0 Å². The van der Waals surface area contributed by atoms with Gasteiger partial charge in [-0.3, -0.25) is 0 Å². The molecule has 13 heavy (non-hydrogen) atoms. The van der Waals surface area contributed by atoms with Gasteiger partial charge in [0.05, 0.1) is 0 Å². The lowest BCUT2D eigenvalue weighted by molar-refractivity contribution is 0.355. The van der Waals surface area contributed by atoms with E-state index in [1.807, 2.05) is 13.1 Å². The minimum atomic E-state index is 0.669. The molecule has 0 fully saturated rings. The van der Waals surface area contributed by atoms with Gasteiger partial charge in [0.1, 0.15) is 0 Å². The number of rotatable bonds is 8. The number of unbranched alkanes of at least 4 members (excludes halogenated alkanes) is 1. The molecule has 0 amide bonds. The Labute approximate surface area is 83.0 Å². The van der Waals surface area contributed by atoms with E-state index >= 15 is 0 Å². The van der Waals surface area contributed by atoms with Gasteiger partial charge in [0.15, 0.2) is 0 Å². The third-order valence-corrected chi connectivity index (χ3v) is 2.29. The van der Waals surface area contributed by atoms with Crippen LogP contribution in [0.5, 0.6) is 0 Å². The van der Waals surface area contributed by atoms with E-state index in [-0.39, 0.29) is 0 Å². The van der Waals surface area contributed by atoms with Crippen LogP contribution in [0.1, 0.15) is 25.7 Å². The molecule has 0 aliphatic rings. The van der Waals surface area contributed by atoms with Crippen LogP contribution < -0.4 is 5.32 Å². The second kappa shape index (κ2) is 8.27. The van der Waals surface area contributed by atoms with Crippen LogP contribution in [0.2, 0.25) is 0 Å². The smallest absolute Gasteiger partial charge is 0.00763 e. The summed E-state index contributed by atoms with van der Waals surface area (Å²) < 4.78 is 0. The van der Waals surface area contributed by atoms with Gasteiger partial charge < -0.3 is 10.2 Å². The molecule has 0 aliphatic heterocycles. The van der Waals surface area contributed by atoms with Crippen LogP contribution in [0.3, 0.4) is 0 Å². The summed E-state index contributed by atoms with van der Waals surface area (Å²) in [6.07, 6.45) is 6.89. The highest BCUT2D eigenvalue weighted by Crippen LogP contribution is 2.04. The zero-order valence-corrected chi connectivity index (χ0v) is 9.34. The highest BCUT2D eigenvalue weighted by atomic mass is 15.1. The fourth-order valence-electron chi connectivity index (χ4n) is 1.36. The average Bonchev–Trinajstić information content (AvgIpc) is 2.10. The molecule has 0 bridgehead atoms. The number of nitrogens with zero attached hydrogens (tertiary/aromatic N) is 1. The standard InChI is InChI=1S/C11H24N2/c1-5-6-7-8-11(12-2)9-10-13(3)4/h5,11-12H,1,6-10H2,2-4H3. The van der Waals surface area contributed by atoms with Crippen LogP contribution in [0, 0.1) is 0 Å². The maximum Gasteiger partial charge on any atom is 0.00763 e. The van der Waals surface area contributed by atoms with Crippen LogP contribution >= 0.6 is 0 Å². The third-order valence-electron chi connectivity index (χ3n) is 2.29. The summed E-state index contributed by atoms with van der Waals surface area (Å²) in [5.74, 6) is 0. The lowest BCUT2D eigenvalue weighted by atomic mass is 10.1. The molecule has 0 rings (SSSR count). The SMILES string of the molecule is C=CCCCC(CCN(C)C)NC. The zero-order chi connectivity index (χ0) is 10.1. The summed E-state index contributed by atoms with van der Waals surface area (Å²) in [7, 11) is 6.29. The van der Waals surface area contributed by atoms with Crippen molar-refractivity contribution in [2.75, 3.05) is 27.7 Å². The quantitative estimate of drug-likeness (QED) is 0.458. The molecule has 0 aromatic rings. The molecule has 0 spiro atoms. The summed E-state index contributed by atoms with van der Waals surface area (Å²) in [6.45, 7) is 4.90. The Bertz CT molecular complexity index is 121. The van der Waals surface area contributed by atoms with Crippen LogP contribution in [-0.4, -0.2) is 38.6 Å². The molecule has 0 aromatic carbocycles. The van der Waals surface area contributed by atoms with Gasteiger partial charge in [-0.1, -0.05) is 6.08 Å². The Hall–Kier alpha value is -0.340. The fraction of sp³-hybridized carbons (Fsp3) is 0.818. The highest BCUT2D eigenvalue weighted by Gasteiger charge is 2.04. The molecular formula is C11H24N2. The van der Waals surface area contributed by atoms with Gasteiger partial charge in [-0.25, -0.2) is 0 Å². The van der Waals surface area contributed by atoms with E-state index in [4.69, 9.17) is 0 Å². The second-order valence-electron chi connectivity index (χ2n) is 3.80. The predicted molar refractivity (Wildman–Crippen MR) is 60.1 cm³/mol. The minimum Gasteiger partial charge on any atom is -0.317 e. The summed E-state index contributed by atoms with van der Waals surface area (Å²) in [6, 6.07) is 0.669. The zero-order valence-electron chi connectivity index (χ0n) is 9.34. The normalized spacial score (nSPS) is 13.2. The molecule has 0 saturated heterocycles. The molecule has 2 nitrogen and oxygen atoms in total. The number of nitrogens with one attached hydrogen (secondary N) is 1. The third kappa shape index (κ3) is 8.00. The monoisotopic (exact) mass is 184 g/mol. The van der Waals surface area contributed by atoms with Gasteiger partial charge >= 0.3 is 0 Å². The van der Waals surface area contributed by atoms with Gasteiger partial charge in [0.25, 0.3) is 0 Å². The van der Waals surface area contributed by atoms with Crippen molar-refractivity contribution in [2.45, 2.75) is 31.7 Å². The van der Waals surface area contributed by atoms with Crippen LogP contribution in [0.4, 0.5) is 0 Å². The van der Waals surface area contributed by atoms with Crippen LogP contribution in [0.25, 0.3) is 0 Å². The van der Waals surface area contributed by atoms with E-state index in [0.29, 0.717) is 6.04 Å². The van der Waals surface area contributed by atoms with Gasteiger partial charge in [-0.2, -0.15) is 0 Å². The van der Waals surface area contributed by atoms with Crippen molar-refractivity contribution in [1.82, 2.24) is 10.2 Å². The topological polar surface area (TPSA) is 15.3 Å². The largest absolute Gasteiger partial charge is 0.317 e. The van der Waals surface area contributed by atoms with Crippen molar-refractivity contribution in [2.24, 2.45) is 0 Å². The fourth-order valence-corrected chi connectivity index (χ4v) is 1.36. The van der Waals surface area contributed by atoms with Crippen molar-refractivity contribution in [3.05, 3.63) is 12.7 Å². The number of hydrogen-bond acceptors (Lipinski definition) is 2. The molecule has 0 aromatic heterocycles. The highest BCUT2D eigenvalue weighted by molar-refractivity contribution is 4.71. The van der Waals surface area contributed by atoms with Crippen molar-refractivity contribution >= 4 is 0 Å². The summed E-state index contributed by atoms with van der Waals surface area (Å²) in [5, 5.41) is 3.36. The van der Waals surface area contributed by atoms with Gasteiger partial charge in [0, 0.05) is 6.04 Å². The van der Waals surface area contributed by atoms with E-state index < -0.39 is 0 Å². The van der Waals surface area contributed by atoms with E-state index in [1.54, 1.807) is 0 Å². The van der Waals surface area contributed by atoms with E-state index in [9.17, 15) is 0 Å². The molecule has 0 radical (unpaired) electrons. The van der Waals surface area contributed by atoms with Crippen molar-refractivity contribution in [3.63, 3.8) is 0 Å². The molecule has 2 heteroatoms. The lowest BCUT2D eigenvalue weighted by Crippen LogP contribution is -2.29. The summed E-state index contributed by atoms with van der Waals surface area (Å²) in [4.78, 5) is 2.23. The van der Waals surface area contributed by atoms with Crippen LogP contribution in [-0.2, 0) is 0 Å². The van der Waals surface area contributed by atoms with Gasteiger partial charge in [-0.05, 0) is 53.4 Å². The Morgan fingerprint density at radius 3 is 2.54 bits per heavy atom. The average molecular weight is 184 g/mol. The first kappa shape index (κ1) is 12.7. The number of allylic oxidation sites excluding steroid dienone is 1. The van der Waals surface area contributed by atoms with Gasteiger partial charge in [-0.15, -0.1) is 6.58 Å². The first-order valence-corrected chi connectivity index (χ1v) is 5.13. The predicted octanol–water partition coefficient (Wildman–Crippen LogP) is 1.88. The minimum absolute atomic E-state index is 0.669. The first-order chi connectivity index (χ1) is 6.20. The molecule has 1 atom stereocenters. The van der Waals surface area contributed by atoms with E-state index in [1.165, 1.54) is 25.8 Å². The summed E-state index contributed by atoms with van der Waals surface area (Å²) in [5.41, 5.74) is 0. The molecular weight excluding hydrogens is 160 g/mol. The maximum atomic E-state index is 3.73. The first-order valence-electron chi connectivity index (χ1n) is 5.13. The van der Waals surface area contributed by atoms with Crippen molar-refractivity contribution < 1.29 is 0 Å². The van der Waals surface area contributed by atoms with Crippen LogP contribution in [0.15, 0.2) is 12.7 Å². The molecule has 0 saturated carbocycles. The van der Waals surface area contributed by atoms with E-state index in [2.05, 4.69) is 30.9 Å². The molecule has 0 heterocycles. The lowest BCUT2D eigenvalue weighted by Gasteiger charge is -2.18. The summed E-state index contributed by atoms with van der Waals surface area (Å²) >= 11 is 0.